The Morgan fingerprint density at radius 2 is 1.64 bits per heavy atom. The lowest BCUT2D eigenvalue weighted by Crippen LogP contribution is -2.14. The van der Waals surface area contributed by atoms with Gasteiger partial charge in [0.15, 0.2) is 0 Å². The molecule has 0 N–H and O–H groups in total. The molecule has 0 aromatic heterocycles. The number of rotatable bonds is 0. The van der Waals surface area contributed by atoms with E-state index >= 15 is 0 Å². The minimum Gasteiger partial charge on any atom is -0.287 e. The van der Waals surface area contributed by atoms with Crippen LogP contribution >= 0.6 is 59.4 Å². The predicted octanol–water partition coefficient (Wildman–Crippen LogP) is 3.46. The van der Waals surface area contributed by atoms with Crippen LogP contribution in [0.25, 0.3) is 0 Å². The molecule has 0 unspecified atom stereocenters. The summed E-state index contributed by atoms with van der Waals surface area (Å²) in [5.74, 6) is -0.0966. The molecular weight excluding hydrogens is 363 g/mol. The monoisotopic (exact) mass is 362 g/mol. The summed E-state index contributed by atoms with van der Waals surface area (Å²) in [6.45, 7) is 0. The maximum Gasteiger partial charge on any atom is 0.206 e. The Morgan fingerprint density at radius 3 is 2.00 bits per heavy atom. The van der Waals surface area contributed by atoms with Crippen molar-refractivity contribution in [3.63, 3.8) is 0 Å². The van der Waals surface area contributed by atoms with Gasteiger partial charge in [0.1, 0.15) is 3.78 Å². The largest absolute Gasteiger partial charge is 0.287 e. The Labute approximate surface area is 94.2 Å². The molecule has 0 bridgehead atoms. The van der Waals surface area contributed by atoms with Crippen LogP contribution in [-0.4, -0.2) is 9.57 Å². The van der Waals surface area contributed by atoms with E-state index in [2.05, 4.69) is 47.8 Å². The standard InChI is InChI=1S/C6H2Br3ClO/c7-3-1-6(9,10)2-4(8)5(3)11/h1-2H. The molecule has 0 amide bonds. The van der Waals surface area contributed by atoms with Gasteiger partial charge in [-0.1, -0.05) is 27.5 Å². The highest BCUT2D eigenvalue weighted by Gasteiger charge is 2.27. The van der Waals surface area contributed by atoms with Crippen molar-refractivity contribution in [1.82, 2.24) is 0 Å². The summed E-state index contributed by atoms with van der Waals surface area (Å²) in [5, 5.41) is 0. The molecule has 1 aliphatic rings. The van der Waals surface area contributed by atoms with Gasteiger partial charge in [-0.3, -0.25) is 4.79 Å². The topological polar surface area (TPSA) is 17.1 Å². The molecule has 60 valence electrons. The van der Waals surface area contributed by atoms with Crippen LogP contribution < -0.4 is 0 Å². The van der Waals surface area contributed by atoms with Gasteiger partial charge in [-0.2, -0.15) is 0 Å². The molecule has 1 nitrogen and oxygen atoms in total. The summed E-state index contributed by atoms with van der Waals surface area (Å²) in [6, 6.07) is 0. The lowest BCUT2D eigenvalue weighted by molar-refractivity contribution is -0.111. The van der Waals surface area contributed by atoms with E-state index in [1.165, 1.54) is 0 Å². The predicted molar refractivity (Wildman–Crippen MR) is 56.5 cm³/mol. The minimum absolute atomic E-state index is 0.0966. The van der Waals surface area contributed by atoms with Crippen molar-refractivity contribution in [3.05, 3.63) is 21.1 Å². The average Bonchev–Trinajstić information content (AvgIpc) is 1.81. The van der Waals surface area contributed by atoms with Gasteiger partial charge in [-0.25, -0.2) is 0 Å². The first-order valence-electron chi connectivity index (χ1n) is 2.61. The van der Waals surface area contributed by atoms with Gasteiger partial charge in [0.2, 0.25) is 5.78 Å². The summed E-state index contributed by atoms with van der Waals surface area (Å²) < 4.78 is 0.163. The zero-order valence-electron chi connectivity index (χ0n) is 5.07. The summed E-state index contributed by atoms with van der Waals surface area (Å²) in [5.41, 5.74) is 0. The fraction of sp³-hybridized carbons (Fsp3) is 0.167. The molecular formula is C6H2Br3ClO. The third-order valence-corrected chi connectivity index (χ3v) is 2.93. The van der Waals surface area contributed by atoms with E-state index in [0.29, 0.717) is 8.96 Å². The molecule has 0 atom stereocenters. The number of Topliss-reactive ketones (excluding diaryl/α,β-unsaturated/α-hetero) is 1. The molecule has 1 aliphatic carbocycles. The number of allylic oxidation sites excluding steroid dienone is 4. The van der Waals surface area contributed by atoms with Crippen molar-refractivity contribution in [2.75, 3.05) is 0 Å². The van der Waals surface area contributed by atoms with Crippen LogP contribution in [0, 0.1) is 0 Å². The Hall–Kier alpha value is 0.880. The van der Waals surface area contributed by atoms with Crippen LogP contribution in [0.5, 0.6) is 0 Å². The van der Waals surface area contributed by atoms with Gasteiger partial charge in [0.25, 0.3) is 0 Å². The van der Waals surface area contributed by atoms with Crippen LogP contribution in [0.4, 0.5) is 0 Å². The van der Waals surface area contributed by atoms with Gasteiger partial charge >= 0.3 is 0 Å². The van der Waals surface area contributed by atoms with E-state index in [1.807, 2.05) is 0 Å². The Morgan fingerprint density at radius 1 is 1.27 bits per heavy atom. The fourth-order valence-corrected chi connectivity index (χ4v) is 3.59. The van der Waals surface area contributed by atoms with Crippen LogP contribution in [0.3, 0.4) is 0 Å². The van der Waals surface area contributed by atoms with Crippen molar-refractivity contribution in [2.45, 2.75) is 3.78 Å². The number of carbonyl (C=O) groups excluding carboxylic acids is 1. The lowest BCUT2D eigenvalue weighted by Gasteiger charge is -2.16. The number of halogens is 4. The molecule has 0 saturated heterocycles. The molecule has 0 radical (unpaired) electrons. The van der Waals surface area contributed by atoms with Gasteiger partial charge in [-0.15, -0.1) is 0 Å². The molecule has 0 aliphatic heterocycles. The molecule has 0 saturated carbocycles. The van der Waals surface area contributed by atoms with E-state index in [-0.39, 0.29) is 5.78 Å². The molecule has 11 heavy (non-hydrogen) atoms. The maximum atomic E-state index is 11.1. The smallest absolute Gasteiger partial charge is 0.206 e. The number of hydrogen-bond acceptors (Lipinski definition) is 1. The maximum absolute atomic E-state index is 11.1. The van der Waals surface area contributed by atoms with E-state index in [9.17, 15) is 4.79 Å². The van der Waals surface area contributed by atoms with E-state index in [4.69, 9.17) is 11.6 Å². The van der Waals surface area contributed by atoms with Crippen molar-refractivity contribution in [1.29, 1.82) is 0 Å². The lowest BCUT2D eigenvalue weighted by atomic mass is 10.2. The Balaban J connectivity index is 3.08. The summed E-state index contributed by atoms with van der Waals surface area (Å²) in [7, 11) is 0. The Bertz CT molecular complexity index is 243. The van der Waals surface area contributed by atoms with Crippen molar-refractivity contribution in [3.8, 4) is 0 Å². The summed E-state index contributed by atoms with van der Waals surface area (Å²) >= 11 is 15.3. The van der Waals surface area contributed by atoms with E-state index in [1.54, 1.807) is 12.2 Å². The third kappa shape index (κ3) is 2.41. The van der Waals surface area contributed by atoms with E-state index in [0.717, 1.165) is 0 Å². The quantitative estimate of drug-likeness (QED) is 0.601. The van der Waals surface area contributed by atoms with Crippen molar-refractivity contribution < 1.29 is 4.79 Å². The van der Waals surface area contributed by atoms with Crippen LogP contribution in [0.2, 0.25) is 0 Å². The highest BCUT2D eigenvalue weighted by molar-refractivity contribution is 9.13. The highest BCUT2D eigenvalue weighted by Crippen LogP contribution is 2.37. The van der Waals surface area contributed by atoms with Gasteiger partial charge in [0.05, 0.1) is 8.96 Å². The molecule has 5 heteroatoms. The second-order valence-corrected chi connectivity index (χ2v) is 6.09. The van der Waals surface area contributed by atoms with Crippen molar-refractivity contribution >= 4 is 65.2 Å². The average molecular weight is 365 g/mol. The zero-order valence-corrected chi connectivity index (χ0v) is 10.6. The molecule has 1 rings (SSSR count). The molecule has 0 aromatic carbocycles. The van der Waals surface area contributed by atoms with Gasteiger partial charge in [-0.05, 0) is 44.0 Å². The zero-order chi connectivity index (χ0) is 8.65. The first-order valence-corrected chi connectivity index (χ1v) is 5.37. The van der Waals surface area contributed by atoms with Crippen LogP contribution in [-0.2, 0) is 4.79 Å². The first-order chi connectivity index (χ1) is 4.92. The number of carbonyl (C=O) groups is 1. The third-order valence-electron chi connectivity index (χ3n) is 1.07. The molecule has 0 fully saturated rings. The van der Waals surface area contributed by atoms with Crippen LogP contribution in [0.1, 0.15) is 0 Å². The normalized spacial score (nSPS) is 22.7. The summed E-state index contributed by atoms with van der Waals surface area (Å²) in [4.78, 5) is 11.1. The second-order valence-electron chi connectivity index (χ2n) is 1.99. The molecule has 0 aromatic rings. The first kappa shape index (κ1) is 9.96. The van der Waals surface area contributed by atoms with Gasteiger partial charge < -0.3 is 0 Å². The number of alkyl halides is 2. The highest BCUT2D eigenvalue weighted by atomic mass is 79.9. The van der Waals surface area contributed by atoms with E-state index < -0.39 is 3.78 Å². The van der Waals surface area contributed by atoms with Crippen molar-refractivity contribution in [2.24, 2.45) is 0 Å². The minimum atomic E-state index is -0.751. The number of hydrogen-bond donors (Lipinski definition) is 0. The molecule has 0 heterocycles. The molecule has 0 spiro atoms. The fourth-order valence-electron chi connectivity index (χ4n) is 0.625. The second kappa shape index (κ2) is 3.32. The SMILES string of the molecule is O=C1C(Br)=CC(Cl)(Br)C=C1Br. The van der Waals surface area contributed by atoms with Gasteiger partial charge in [0, 0.05) is 0 Å². The van der Waals surface area contributed by atoms with Crippen LogP contribution in [0.15, 0.2) is 21.1 Å². The number of ketones is 1. The summed E-state index contributed by atoms with van der Waals surface area (Å²) in [6.07, 6.45) is 3.17. The Kier molecular flexibility index (Phi) is 3.01.